The number of nitrogens with one attached hydrogen (secondary N) is 1. The highest BCUT2D eigenvalue weighted by molar-refractivity contribution is 5.88. The van der Waals surface area contributed by atoms with Crippen molar-refractivity contribution in [3.05, 3.63) is 59.4 Å². The molecule has 1 aliphatic carbocycles. The summed E-state index contributed by atoms with van der Waals surface area (Å²) in [4.78, 5) is 15.1. The van der Waals surface area contributed by atoms with Crippen molar-refractivity contribution in [3.8, 4) is 0 Å². The van der Waals surface area contributed by atoms with Crippen molar-refractivity contribution in [2.45, 2.75) is 37.8 Å². The van der Waals surface area contributed by atoms with Gasteiger partial charge in [0, 0.05) is 24.0 Å². The lowest BCUT2D eigenvalue weighted by Crippen LogP contribution is -2.43. The van der Waals surface area contributed by atoms with Gasteiger partial charge in [-0.25, -0.2) is 4.39 Å². The van der Waals surface area contributed by atoms with Crippen LogP contribution in [0.15, 0.2) is 42.5 Å². The summed E-state index contributed by atoms with van der Waals surface area (Å²) in [7, 11) is 0. The number of nitrogens with zero attached hydrogens (tertiary/aromatic N) is 1. The molecule has 2 aromatic carbocycles. The zero-order chi connectivity index (χ0) is 17.4. The number of benzene rings is 2. The maximum atomic E-state index is 13.4. The van der Waals surface area contributed by atoms with Gasteiger partial charge in [0.05, 0.1) is 0 Å². The lowest BCUT2D eigenvalue weighted by Gasteiger charge is -2.38. The van der Waals surface area contributed by atoms with Gasteiger partial charge in [0.1, 0.15) is 11.9 Å². The minimum absolute atomic E-state index is 0.0237. The maximum Gasteiger partial charge on any atom is 0.247 e. The number of nitrogen functional groups attached to an aromatic ring is 1. The van der Waals surface area contributed by atoms with Crippen LogP contribution >= 0.6 is 0 Å². The highest BCUT2D eigenvalue weighted by Gasteiger charge is 2.34. The molecule has 130 valence electrons. The van der Waals surface area contributed by atoms with Crippen molar-refractivity contribution < 1.29 is 9.18 Å². The van der Waals surface area contributed by atoms with Crippen LogP contribution in [0, 0.1) is 5.82 Å². The van der Waals surface area contributed by atoms with E-state index in [1.54, 1.807) is 12.1 Å². The van der Waals surface area contributed by atoms with Crippen LogP contribution in [0.3, 0.4) is 0 Å². The molecule has 2 aromatic rings. The topological polar surface area (TPSA) is 58.4 Å². The van der Waals surface area contributed by atoms with E-state index in [4.69, 9.17) is 5.73 Å². The molecule has 0 aromatic heterocycles. The number of rotatable bonds is 4. The Hall–Kier alpha value is -2.56. The second-order valence-electron chi connectivity index (χ2n) is 6.88. The molecule has 0 spiro atoms. The number of fused-ring (bicyclic) bond motifs is 1. The van der Waals surface area contributed by atoms with Crippen molar-refractivity contribution in [2.24, 2.45) is 0 Å². The number of halogens is 1. The molecule has 1 fully saturated rings. The summed E-state index contributed by atoms with van der Waals surface area (Å²) in [5.41, 5.74) is 9.82. The van der Waals surface area contributed by atoms with E-state index in [0.29, 0.717) is 0 Å². The quantitative estimate of drug-likeness (QED) is 0.841. The van der Waals surface area contributed by atoms with Crippen LogP contribution in [-0.2, 0) is 11.2 Å². The largest absolute Gasteiger partial charge is 0.398 e. The Kier molecular flexibility index (Phi) is 4.07. The van der Waals surface area contributed by atoms with Gasteiger partial charge in [-0.15, -0.1) is 0 Å². The van der Waals surface area contributed by atoms with Crippen LogP contribution in [0.5, 0.6) is 0 Å². The molecule has 1 saturated carbocycles. The lowest BCUT2D eigenvalue weighted by molar-refractivity contribution is -0.122. The van der Waals surface area contributed by atoms with E-state index in [9.17, 15) is 9.18 Å². The van der Waals surface area contributed by atoms with Crippen LogP contribution in [-0.4, -0.2) is 18.5 Å². The average Bonchev–Trinajstić information content (AvgIpc) is 3.42. The van der Waals surface area contributed by atoms with Crippen LogP contribution in [0.4, 0.5) is 15.8 Å². The third kappa shape index (κ3) is 3.18. The molecule has 0 bridgehead atoms. The van der Waals surface area contributed by atoms with Crippen molar-refractivity contribution in [1.29, 1.82) is 0 Å². The first kappa shape index (κ1) is 15.9. The third-order valence-corrected chi connectivity index (χ3v) is 4.99. The number of anilines is 2. The predicted octanol–water partition coefficient (Wildman–Crippen LogP) is 3.18. The molecule has 1 heterocycles. The average molecular weight is 339 g/mol. The van der Waals surface area contributed by atoms with Crippen molar-refractivity contribution in [2.75, 3.05) is 17.2 Å². The minimum atomic E-state index is -0.470. The molecule has 1 unspecified atom stereocenters. The first-order chi connectivity index (χ1) is 12.1. The van der Waals surface area contributed by atoms with E-state index >= 15 is 0 Å². The number of carbonyl (C=O) groups is 1. The van der Waals surface area contributed by atoms with E-state index in [1.165, 1.54) is 12.1 Å². The van der Waals surface area contributed by atoms with Crippen LogP contribution in [0.1, 0.15) is 36.4 Å². The van der Waals surface area contributed by atoms with Gasteiger partial charge in [-0.1, -0.05) is 18.2 Å². The van der Waals surface area contributed by atoms with Crippen molar-refractivity contribution in [3.63, 3.8) is 0 Å². The maximum absolute atomic E-state index is 13.4. The fourth-order valence-corrected chi connectivity index (χ4v) is 3.57. The molecule has 4 nitrogen and oxygen atoms in total. The Morgan fingerprint density at radius 1 is 1.20 bits per heavy atom. The summed E-state index contributed by atoms with van der Waals surface area (Å²) in [5.74, 6) is -0.322. The Balaban J connectivity index is 1.74. The molecule has 1 atom stereocenters. The molecule has 25 heavy (non-hydrogen) atoms. The van der Waals surface area contributed by atoms with E-state index in [1.807, 2.05) is 18.2 Å². The molecule has 1 amide bonds. The third-order valence-electron chi connectivity index (χ3n) is 4.99. The van der Waals surface area contributed by atoms with E-state index < -0.39 is 6.04 Å². The Morgan fingerprint density at radius 2 is 1.96 bits per heavy atom. The van der Waals surface area contributed by atoms with Gasteiger partial charge >= 0.3 is 0 Å². The second-order valence-corrected chi connectivity index (χ2v) is 6.88. The highest BCUT2D eigenvalue weighted by Crippen LogP contribution is 2.37. The number of hydrogen-bond donors (Lipinski definition) is 2. The van der Waals surface area contributed by atoms with E-state index in [0.717, 1.165) is 54.7 Å². The molecular formula is C20H22FN3O. The zero-order valence-corrected chi connectivity index (χ0v) is 14.0. The van der Waals surface area contributed by atoms with Crippen LogP contribution < -0.4 is 16.0 Å². The lowest BCUT2D eigenvalue weighted by atomic mass is 9.95. The summed E-state index contributed by atoms with van der Waals surface area (Å²) in [6.45, 7) is 0.774. The first-order valence-electron chi connectivity index (χ1n) is 8.83. The van der Waals surface area contributed by atoms with Crippen LogP contribution in [0.2, 0.25) is 0 Å². The number of carbonyl (C=O) groups excluding carboxylic acids is 1. The summed E-state index contributed by atoms with van der Waals surface area (Å²) in [6.07, 6.45) is 3.92. The summed E-state index contributed by atoms with van der Waals surface area (Å²) in [5, 5.41) is 3.10. The predicted molar refractivity (Wildman–Crippen MR) is 96.8 cm³/mol. The Bertz CT molecular complexity index is 786. The molecular weight excluding hydrogens is 317 g/mol. The molecule has 2 aliphatic rings. The van der Waals surface area contributed by atoms with Crippen LogP contribution in [0.25, 0.3) is 0 Å². The molecule has 5 heteroatoms. The van der Waals surface area contributed by atoms with Crippen molar-refractivity contribution >= 4 is 17.3 Å². The zero-order valence-electron chi connectivity index (χ0n) is 14.0. The van der Waals surface area contributed by atoms with Gasteiger partial charge in [-0.3, -0.25) is 4.79 Å². The monoisotopic (exact) mass is 339 g/mol. The van der Waals surface area contributed by atoms with Gasteiger partial charge in [-0.2, -0.15) is 0 Å². The molecule has 1 aliphatic heterocycles. The minimum Gasteiger partial charge on any atom is -0.398 e. The van der Waals surface area contributed by atoms with E-state index in [-0.39, 0.29) is 17.8 Å². The summed E-state index contributed by atoms with van der Waals surface area (Å²) in [6, 6.07) is 11.9. The number of amides is 1. The number of nitrogens with two attached hydrogens (primary N) is 1. The SMILES string of the molecule is Nc1cccc2c1CCCN2C(C(=O)NC1CC1)c1ccc(F)cc1. The summed E-state index contributed by atoms with van der Waals surface area (Å²) < 4.78 is 13.4. The normalized spacial score (nSPS) is 17.7. The Labute approximate surface area is 146 Å². The van der Waals surface area contributed by atoms with Crippen molar-refractivity contribution in [1.82, 2.24) is 5.32 Å². The Morgan fingerprint density at radius 3 is 2.68 bits per heavy atom. The second kappa shape index (κ2) is 6.39. The number of hydrogen-bond acceptors (Lipinski definition) is 3. The van der Waals surface area contributed by atoms with Gasteiger partial charge in [0.2, 0.25) is 5.91 Å². The van der Waals surface area contributed by atoms with Gasteiger partial charge in [0.15, 0.2) is 0 Å². The van der Waals surface area contributed by atoms with Gasteiger partial charge in [-0.05, 0) is 61.1 Å². The standard InChI is InChI=1S/C20H22FN3O/c21-14-8-6-13(7-9-14)19(20(25)23-15-10-11-15)24-12-2-3-16-17(22)4-1-5-18(16)24/h1,4-9,15,19H,2-3,10-12,22H2,(H,23,25). The smallest absolute Gasteiger partial charge is 0.247 e. The first-order valence-corrected chi connectivity index (χ1v) is 8.83. The fraction of sp³-hybridized carbons (Fsp3) is 0.350. The van der Waals surface area contributed by atoms with E-state index in [2.05, 4.69) is 10.2 Å². The summed E-state index contributed by atoms with van der Waals surface area (Å²) >= 11 is 0. The molecule has 4 rings (SSSR count). The molecule has 0 saturated heterocycles. The molecule has 3 N–H and O–H groups in total. The van der Waals surface area contributed by atoms with Gasteiger partial charge in [0.25, 0.3) is 0 Å². The highest BCUT2D eigenvalue weighted by atomic mass is 19.1. The van der Waals surface area contributed by atoms with Gasteiger partial charge < -0.3 is 16.0 Å². The molecule has 0 radical (unpaired) electrons. The fourth-order valence-electron chi connectivity index (χ4n) is 3.57.